The number of nitrogens with one attached hydrogen (secondary N) is 2. The smallest absolute Gasteiger partial charge is 0.226 e. The molecule has 0 unspecified atom stereocenters. The molecule has 0 saturated heterocycles. The molecule has 3 N–H and O–H groups in total. The molecule has 24 heavy (non-hydrogen) atoms. The van der Waals surface area contributed by atoms with Crippen LogP contribution in [0, 0.1) is 0 Å². The zero-order valence-corrected chi connectivity index (χ0v) is 15.0. The molecule has 0 spiro atoms. The van der Waals surface area contributed by atoms with E-state index in [-0.39, 0.29) is 11.9 Å². The Bertz CT molecular complexity index is 656. The van der Waals surface area contributed by atoms with Gasteiger partial charge in [-0.05, 0) is 37.4 Å². The van der Waals surface area contributed by atoms with Crippen molar-refractivity contribution in [2.24, 2.45) is 0 Å². The van der Waals surface area contributed by atoms with Gasteiger partial charge in [0, 0.05) is 23.9 Å². The lowest BCUT2D eigenvalue weighted by Crippen LogP contribution is -2.40. The topological polar surface area (TPSA) is 70.6 Å². The van der Waals surface area contributed by atoms with E-state index in [0.717, 1.165) is 4.88 Å². The standard InChI is InChI=1S/C18H24N2O3S/c1-13(19-12-18(2,22)16-9-6-10-24-16)11-17(21)20-14-7-4-5-8-15(14)23-3/h4-10,13,19,22H,11-12H2,1-3H3,(H,20,21)/t13-,18+/m0/s1. The Labute approximate surface area is 146 Å². The van der Waals surface area contributed by atoms with Gasteiger partial charge in [-0.25, -0.2) is 0 Å². The van der Waals surface area contributed by atoms with E-state index in [4.69, 9.17) is 4.74 Å². The molecule has 6 heteroatoms. The minimum Gasteiger partial charge on any atom is -0.495 e. The molecule has 0 fully saturated rings. The van der Waals surface area contributed by atoms with E-state index in [1.807, 2.05) is 36.6 Å². The molecule has 0 aliphatic rings. The Morgan fingerprint density at radius 1 is 1.33 bits per heavy atom. The highest BCUT2D eigenvalue weighted by molar-refractivity contribution is 7.10. The Kier molecular flexibility index (Phi) is 6.36. The number of aliphatic hydroxyl groups is 1. The number of carbonyl (C=O) groups is 1. The molecule has 130 valence electrons. The average molecular weight is 348 g/mol. The molecule has 2 aromatic rings. The number of rotatable bonds is 8. The molecule has 2 atom stereocenters. The first-order valence-electron chi connectivity index (χ1n) is 7.85. The Morgan fingerprint density at radius 3 is 2.75 bits per heavy atom. The maximum atomic E-state index is 12.2. The predicted octanol–water partition coefficient (Wildman–Crippen LogP) is 2.97. The Hall–Kier alpha value is -1.89. The summed E-state index contributed by atoms with van der Waals surface area (Å²) in [5.74, 6) is 0.530. The van der Waals surface area contributed by atoms with Crippen LogP contribution < -0.4 is 15.4 Å². The number of benzene rings is 1. The molecule has 0 bridgehead atoms. The fourth-order valence-corrected chi connectivity index (χ4v) is 3.13. The lowest BCUT2D eigenvalue weighted by atomic mass is 10.0. The van der Waals surface area contributed by atoms with Gasteiger partial charge in [0.2, 0.25) is 5.91 Å². The number of methoxy groups -OCH3 is 1. The second kappa shape index (κ2) is 8.28. The number of anilines is 1. The van der Waals surface area contributed by atoms with Gasteiger partial charge in [0.05, 0.1) is 12.8 Å². The summed E-state index contributed by atoms with van der Waals surface area (Å²) < 4.78 is 5.22. The molecule has 0 saturated carbocycles. The number of hydrogen-bond donors (Lipinski definition) is 3. The molecule has 1 heterocycles. The van der Waals surface area contributed by atoms with Crippen LogP contribution in [-0.2, 0) is 10.4 Å². The molecule has 1 amide bonds. The van der Waals surface area contributed by atoms with Gasteiger partial charge in [-0.2, -0.15) is 0 Å². The van der Waals surface area contributed by atoms with Crippen LogP contribution in [0.2, 0.25) is 0 Å². The number of carbonyl (C=O) groups excluding carboxylic acids is 1. The summed E-state index contributed by atoms with van der Waals surface area (Å²) >= 11 is 1.52. The van der Waals surface area contributed by atoms with Crippen molar-refractivity contribution in [3.8, 4) is 5.75 Å². The highest BCUT2D eigenvalue weighted by Gasteiger charge is 2.25. The minimum absolute atomic E-state index is 0.0638. The van der Waals surface area contributed by atoms with Crippen molar-refractivity contribution < 1.29 is 14.6 Å². The van der Waals surface area contributed by atoms with E-state index in [1.54, 1.807) is 26.2 Å². The van der Waals surface area contributed by atoms with Crippen LogP contribution in [0.25, 0.3) is 0 Å². The third kappa shape index (κ3) is 5.06. The zero-order chi connectivity index (χ0) is 17.6. The molecular formula is C18H24N2O3S. The van der Waals surface area contributed by atoms with E-state index in [2.05, 4.69) is 10.6 Å². The van der Waals surface area contributed by atoms with Gasteiger partial charge in [-0.1, -0.05) is 18.2 Å². The van der Waals surface area contributed by atoms with Crippen molar-refractivity contribution in [1.82, 2.24) is 5.32 Å². The molecule has 5 nitrogen and oxygen atoms in total. The van der Waals surface area contributed by atoms with Crippen LogP contribution in [0.5, 0.6) is 5.75 Å². The molecule has 1 aromatic heterocycles. The summed E-state index contributed by atoms with van der Waals surface area (Å²) in [6, 6.07) is 11.1. The van der Waals surface area contributed by atoms with Gasteiger partial charge in [-0.15, -0.1) is 11.3 Å². The van der Waals surface area contributed by atoms with E-state index >= 15 is 0 Å². The van der Waals surface area contributed by atoms with E-state index in [0.29, 0.717) is 24.4 Å². The quantitative estimate of drug-likeness (QED) is 0.686. The van der Waals surface area contributed by atoms with Crippen molar-refractivity contribution >= 4 is 22.9 Å². The number of hydrogen-bond acceptors (Lipinski definition) is 5. The van der Waals surface area contributed by atoms with Crippen LogP contribution >= 0.6 is 11.3 Å². The molecule has 0 radical (unpaired) electrons. The van der Waals surface area contributed by atoms with Crippen LogP contribution in [0.1, 0.15) is 25.1 Å². The van der Waals surface area contributed by atoms with E-state index < -0.39 is 5.60 Å². The summed E-state index contributed by atoms with van der Waals surface area (Å²) in [6.07, 6.45) is 0.304. The molecular weight excluding hydrogens is 324 g/mol. The third-order valence-corrected chi connectivity index (χ3v) is 4.84. The molecule has 0 aliphatic carbocycles. The lowest BCUT2D eigenvalue weighted by Gasteiger charge is -2.25. The van der Waals surface area contributed by atoms with Crippen LogP contribution in [0.4, 0.5) is 5.69 Å². The number of amides is 1. The van der Waals surface area contributed by atoms with Crippen LogP contribution in [0.3, 0.4) is 0 Å². The zero-order valence-electron chi connectivity index (χ0n) is 14.2. The normalized spacial score (nSPS) is 14.7. The summed E-state index contributed by atoms with van der Waals surface area (Å²) in [7, 11) is 1.57. The summed E-state index contributed by atoms with van der Waals surface area (Å²) in [6.45, 7) is 4.08. The van der Waals surface area contributed by atoms with Crippen LogP contribution in [0.15, 0.2) is 41.8 Å². The van der Waals surface area contributed by atoms with Gasteiger partial charge < -0.3 is 20.5 Å². The summed E-state index contributed by atoms with van der Waals surface area (Å²) in [5, 5.41) is 18.5. The van der Waals surface area contributed by atoms with Gasteiger partial charge in [0.1, 0.15) is 11.4 Å². The second-order valence-corrected chi connectivity index (χ2v) is 6.93. The van der Waals surface area contributed by atoms with E-state index in [9.17, 15) is 9.90 Å². The Morgan fingerprint density at radius 2 is 2.08 bits per heavy atom. The fraction of sp³-hybridized carbons (Fsp3) is 0.389. The summed E-state index contributed by atoms with van der Waals surface area (Å²) in [4.78, 5) is 13.1. The van der Waals surface area contributed by atoms with Crippen molar-refractivity contribution in [3.63, 3.8) is 0 Å². The maximum absolute atomic E-state index is 12.2. The van der Waals surface area contributed by atoms with Crippen LogP contribution in [-0.4, -0.2) is 30.7 Å². The van der Waals surface area contributed by atoms with Gasteiger partial charge in [-0.3, -0.25) is 4.79 Å². The first-order chi connectivity index (χ1) is 11.4. The van der Waals surface area contributed by atoms with Gasteiger partial charge in [0.15, 0.2) is 0 Å². The monoisotopic (exact) mass is 348 g/mol. The summed E-state index contributed by atoms with van der Waals surface area (Å²) in [5.41, 5.74) is -0.288. The van der Waals surface area contributed by atoms with E-state index in [1.165, 1.54) is 11.3 Å². The molecule has 0 aliphatic heterocycles. The number of thiophene rings is 1. The molecule has 1 aromatic carbocycles. The lowest BCUT2D eigenvalue weighted by molar-refractivity contribution is -0.116. The van der Waals surface area contributed by atoms with Gasteiger partial charge >= 0.3 is 0 Å². The van der Waals surface area contributed by atoms with Gasteiger partial charge in [0.25, 0.3) is 0 Å². The first kappa shape index (κ1) is 18.4. The number of ether oxygens (including phenoxy) is 1. The fourth-order valence-electron chi connectivity index (χ4n) is 2.34. The highest BCUT2D eigenvalue weighted by atomic mass is 32.1. The van der Waals surface area contributed by atoms with Crippen molar-refractivity contribution in [2.45, 2.75) is 31.9 Å². The first-order valence-corrected chi connectivity index (χ1v) is 8.73. The molecule has 2 rings (SSSR count). The largest absolute Gasteiger partial charge is 0.495 e. The van der Waals surface area contributed by atoms with Crippen molar-refractivity contribution in [3.05, 3.63) is 46.7 Å². The second-order valence-electron chi connectivity index (χ2n) is 5.99. The Balaban J connectivity index is 1.83. The SMILES string of the molecule is COc1ccccc1NC(=O)C[C@H](C)NC[C@@](C)(O)c1cccs1. The van der Waals surface area contributed by atoms with Crippen molar-refractivity contribution in [2.75, 3.05) is 19.0 Å². The number of para-hydroxylation sites is 2. The third-order valence-electron chi connectivity index (χ3n) is 3.72. The predicted molar refractivity (Wildman–Crippen MR) is 97.6 cm³/mol. The minimum atomic E-state index is -0.943. The van der Waals surface area contributed by atoms with Crippen molar-refractivity contribution in [1.29, 1.82) is 0 Å². The maximum Gasteiger partial charge on any atom is 0.226 e. The average Bonchev–Trinajstić information content (AvgIpc) is 3.09. The highest BCUT2D eigenvalue weighted by Crippen LogP contribution is 2.25.